The molecule has 0 N–H and O–H groups in total. The van der Waals surface area contributed by atoms with Gasteiger partial charge in [-0.05, 0) is 61.0 Å². The number of aliphatic imine (C=N–C) groups is 1. The molecule has 3 aromatic rings. The Labute approximate surface area is 207 Å². The van der Waals surface area contributed by atoms with E-state index in [1.165, 1.54) is 36.4 Å². The molecule has 4 rings (SSSR count). The molecule has 9 nitrogen and oxygen atoms in total. The minimum Gasteiger partial charge on any atom is -0.490 e. The third-order valence-electron chi connectivity index (χ3n) is 4.78. The predicted molar refractivity (Wildman–Crippen MR) is 130 cm³/mol. The van der Waals surface area contributed by atoms with Crippen LogP contribution in [-0.4, -0.2) is 29.4 Å². The van der Waals surface area contributed by atoms with Gasteiger partial charge in [-0.3, -0.25) is 10.1 Å². The average Bonchev–Trinajstić information content (AvgIpc) is 3.21. The van der Waals surface area contributed by atoms with Gasteiger partial charge in [-0.25, -0.2) is 14.6 Å². The number of esters is 2. The molecule has 0 unspecified atom stereocenters. The largest absolute Gasteiger partial charge is 0.490 e. The van der Waals surface area contributed by atoms with Gasteiger partial charge in [-0.2, -0.15) is 0 Å². The Kier molecular flexibility index (Phi) is 7.02. The van der Waals surface area contributed by atoms with Crippen molar-refractivity contribution in [2.45, 2.75) is 6.92 Å². The van der Waals surface area contributed by atoms with Crippen LogP contribution < -0.4 is 9.47 Å². The van der Waals surface area contributed by atoms with Gasteiger partial charge in [-0.15, -0.1) is 0 Å². The molecule has 1 heterocycles. The molecule has 0 radical (unpaired) electrons. The highest BCUT2D eigenvalue weighted by atomic mass is 79.9. The van der Waals surface area contributed by atoms with Gasteiger partial charge in [0.05, 0.1) is 17.1 Å². The predicted octanol–water partition coefficient (Wildman–Crippen LogP) is 5.32. The van der Waals surface area contributed by atoms with Crippen molar-refractivity contribution >= 4 is 45.5 Å². The van der Waals surface area contributed by atoms with Crippen molar-refractivity contribution in [3.8, 4) is 11.5 Å². The maximum absolute atomic E-state index is 12.5. The third kappa shape index (κ3) is 5.61. The highest BCUT2D eigenvalue weighted by Crippen LogP contribution is 2.31. The SMILES string of the molecule is CCOc1cc(/C=C2\N=C(c3cccc(Br)c3)OC2=O)ccc1OC(=O)c1ccc([N+](=O)[O-])cc1. The van der Waals surface area contributed by atoms with Gasteiger partial charge in [-0.1, -0.05) is 28.1 Å². The summed E-state index contributed by atoms with van der Waals surface area (Å²) < 4.78 is 17.2. The number of benzene rings is 3. The number of nitro groups is 1. The minimum atomic E-state index is -0.699. The van der Waals surface area contributed by atoms with Crippen molar-refractivity contribution < 1.29 is 28.7 Å². The monoisotopic (exact) mass is 536 g/mol. The molecule has 0 fully saturated rings. The molecule has 0 spiro atoms. The van der Waals surface area contributed by atoms with E-state index in [0.29, 0.717) is 17.7 Å². The van der Waals surface area contributed by atoms with Crippen molar-refractivity contribution in [3.63, 3.8) is 0 Å². The lowest BCUT2D eigenvalue weighted by molar-refractivity contribution is -0.384. The lowest BCUT2D eigenvalue weighted by Crippen LogP contribution is -2.10. The Morgan fingerprint density at radius 2 is 1.89 bits per heavy atom. The molecule has 10 heteroatoms. The van der Waals surface area contributed by atoms with Crippen LogP contribution in [0, 0.1) is 10.1 Å². The molecular formula is C25H17BrN2O7. The molecule has 0 aromatic heterocycles. The van der Waals surface area contributed by atoms with Gasteiger partial charge in [0, 0.05) is 22.2 Å². The molecule has 35 heavy (non-hydrogen) atoms. The fourth-order valence-electron chi connectivity index (χ4n) is 3.16. The zero-order valence-corrected chi connectivity index (χ0v) is 19.9. The molecule has 0 amide bonds. The summed E-state index contributed by atoms with van der Waals surface area (Å²) in [6, 6.07) is 17.1. The second kappa shape index (κ2) is 10.3. The van der Waals surface area contributed by atoms with E-state index < -0.39 is 16.9 Å². The van der Waals surface area contributed by atoms with E-state index in [9.17, 15) is 19.7 Å². The van der Waals surface area contributed by atoms with Crippen molar-refractivity contribution in [3.05, 3.63) is 104 Å². The van der Waals surface area contributed by atoms with E-state index in [1.807, 2.05) is 12.1 Å². The first-order chi connectivity index (χ1) is 16.8. The Hall–Kier alpha value is -4.31. The summed E-state index contributed by atoms with van der Waals surface area (Å²) in [5.74, 6) is -0.660. The lowest BCUT2D eigenvalue weighted by Gasteiger charge is -2.11. The van der Waals surface area contributed by atoms with Crippen LogP contribution in [0.3, 0.4) is 0 Å². The molecule has 3 aromatic carbocycles. The molecule has 1 aliphatic rings. The number of halogens is 1. The normalized spacial score (nSPS) is 13.8. The zero-order chi connectivity index (χ0) is 24.9. The summed E-state index contributed by atoms with van der Waals surface area (Å²) in [6.07, 6.45) is 1.54. The Morgan fingerprint density at radius 3 is 2.57 bits per heavy atom. The maximum atomic E-state index is 12.5. The number of carbonyl (C=O) groups is 2. The molecule has 0 bridgehead atoms. The van der Waals surface area contributed by atoms with Crippen molar-refractivity contribution in [1.29, 1.82) is 0 Å². The van der Waals surface area contributed by atoms with Gasteiger partial charge in [0.15, 0.2) is 17.2 Å². The summed E-state index contributed by atoms with van der Waals surface area (Å²) in [6.45, 7) is 2.07. The van der Waals surface area contributed by atoms with Crippen LogP contribution in [0.15, 0.2) is 81.9 Å². The zero-order valence-electron chi connectivity index (χ0n) is 18.3. The van der Waals surface area contributed by atoms with E-state index >= 15 is 0 Å². The summed E-state index contributed by atoms with van der Waals surface area (Å²) >= 11 is 3.38. The molecular weight excluding hydrogens is 520 g/mol. The van der Waals surface area contributed by atoms with Crippen molar-refractivity contribution in [2.75, 3.05) is 6.61 Å². The first kappa shape index (κ1) is 23.8. The van der Waals surface area contributed by atoms with E-state index in [1.54, 1.807) is 31.2 Å². The van der Waals surface area contributed by atoms with Crippen LogP contribution in [0.1, 0.15) is 28.4 Å². The van der Waals surface area contributed by atoms with E-state index in [4.69, 9.17) is 14.2 Å². The van der Waals surface area contributed by atoms with Crippen LogP contribution in [-0.2, 0) is 9.53 Å². The quantitative estimate of drug-likeness (QED) is 0.132. The highest BCUT2D eigenvalue weighted by Gasteiger charge is 2.24. The van der Waals surface area contributed by atoms with E-state index in [-0.39, 0.29) is 34.3 Å². The first-order valence-electron chi connectivity index (χ1n) is 10.4. The summed E-state index contributed by atoms with van der Waals surface area (Å²) in [5.41, 5.74) is 1.35. The Bertz CT molecular complexity index is 1380. The van der Waals surface area contributed by atoms with Gasteiger partial charge >= 0.3 is 11.9 Å². The van der Waals surface area contributed by atoms with Crippen LogP contribution in [0.2, 0.25) is 0 Å². The van der Waals surface area contributed by atoms with E-state index in [2.05, 4.69) is 20.9 Å². The molecule has 1 aliphatic heterocycles. The number of hydrogen-bond acceptors (Lipinski definition) is 8. The van der Waals surface area contributed by atoms with Crippen LogP contribution in [0.4, 0.5) is 5.69 Å². The number of rotatable bonds is 7. The number of nitrogens with zero attached hydrogens (tertiary/aromatic N) is 2. The minimum absolute atomic E-state index is 0.109. The maximum Gasteiger partial charge on any atom is 0.363 e. The number of ether oxygens (including phenoxy) is 3. The lowest BCUT2D eigenvalue weighted by atomic mass is 10.1. The molecule has 0 saturated carbocycles. The van der Waals surface area contributed by atoms with Gasteiger partial charge < -0.3 is 14.2 Å². The van der Waals surface area contributed by atoms with Crippen LogP contribution in [0.5, 0.6) is 11.5 Å². The van der Waals surface area contributed by atoms with Gasteiger partial charge in [0.2, 0.25) is 5.90 Å². The number of hydrogen-bond donors (Lipinski definition) is 0. The Morgan fingerprint density at radius 1 is 1.11 bits per heavy atom. The third-order valence-corrected chi connectivity index (χ3v) is 5.27. The molecule has 176 valence electrons. The van der Waals surface area contributed by atoms with Gasteiger partial charge in [0.25, 0.3) is 5.69 Å². The molecule has 0 saturated heterocycles. The standard InChI is InChI=1S/C25H17BrN2O7/c1-2-33-22-13-15(12-20-25(30)35-23(27-20)17-4-3-5-18(26)14-17)6-11-21(22)34-24(29)16-7-9-19(10-8-16)28(31)32/h3-14H,2H2,1H3/b20-12-. The van der Waals surface area contributed by atoms with Crippen LogP contribution in [0.25, 0.3) is 6.08 Å². The van der Waals surface area contributed by atoms with E-state index in [0.717, 1.165) is 4.47 Å². The summed E-state index contributed by atoms with van der Waals surface area (Å²) in [4.78, 5) is 39.4. The second-order valence-electron chi connectivity index (χ2n) is 7.18. The van der Waals surface area contributed by atoms with Gasteiger partial charge in [0.1, 0.15) is 0 Å². The Balaban J connectivity index is 1.57. The topological polar surface area (TPSA) is 117 Å². The average molecular weight is 537 g/mol. The molecule has 0 aliphatic carbocycles. The first-order valence-corrected chi connectivity index (χ1v) is 11.2. The number of cyclic esters (lactones) is 1. The smallest absolute Gasteiger partial charge is 0.363 e. The van der Waals surface area contributed by atoms with Crippen molar-refractivity contribution in [2.24, 2.45) is 4.99 Å². The molecule has 0 atom stereocenters. The fraction of sp³-hybridized carbons (Fsp3) is 0.0800. The summed E-state index contributed by atoms with van der Waals surface area (Å²) in [5, 5.41) is 10.8. The highest BCUT2D eigenvalue weighted by molar-refractivity contribution is 9.10. The fourth-order valence-corrected chi connectivity index (χ4v) is 3.56. The number of non-ortho nitro benzene ring substituents is 1. The van der Waals surface area contributed by atoms with Crippen LogP contribution >= 0.6 is 15.9 Å². The van der Waals surface area contributed by atoms with Crippen molar-refractivity contribution in [1.82, 2.24) is 0 Å². The second-order valence-corrected chi connectivity index (χ2v) is 8.09. The number of carbonyl (C=O) groups excluding carboxylic acids is 2. The number of nitro benzene ring substituents is 1. The summed E-state index contributed by atoms with van der Waals surface area (Å²) in [7, 11) is 0.